The van der Waals surface area contributed by atoms with Crippen LogP contribution in [0.15, 0.2) is 6.20 Å². The number of hydrogen-bond acceptors (Lipinski definition) is 4. The first kappa shape index (κ1) is 18.4. The van der Waals surface area contributed by atoms with Gasteiger partial charge in [0.1, 0.15) is 0 Å². The summed E-state index contributed by atoms with van der Waals surface area (Å²) in [5.41, 5.74) is 1.77. The zero-order valence-electron chi connectivity index (χ0n) is 16.1. The van der Waals surface area contributed by atoms with Gasteiger partial charge in [0.05, 0.1) is 11.8 Å². The molecule has 0 radical (unpaired) electrons. The van der Waals surface area contributed by atoms with Crippen molar-refractivity contribution in [3.8, 4) is 0 Å². The largest absolute Gasteiger partial charge is 0.336 e. The summed E-state index contributed by atoms with van der Waals surface area (Å²) in [5.74, 6) is 0.937. The summed E-state index contributed by atoms with van der Waals surface area (Å²) in [6, 6.07) is 0. The molecule has 0 saturated carbocycles. The number of carbonyl (C=O) groups is 1. The number of likely N-dealkylation sites (tertiary alicyclic amines) is 1. The van der Waals surface area contributed by atoms with Crippen molar-refractivity contribution in [3.05, 3.63) is 17.5 Å². The number of aromatic nitrogens is 2. The lowest BCUT2D eigenvalue weighted by molar-refractivity contribution is 0.0587. The SMILES string of the molecule is CCCn1ncc(C(=O)N2CCN(C[C@@H]3CCCN(C)C3)CC2)c1C. The Labute approximate surface area is 151 Å². The van der Waals surface area contributed by atoms with Gasteiger partial charge in [-0.3, -0.25) is 14.4 Å². The molecule has 1 atom stereocenters. The minimum Gasteiger partial charge on any atom is -0.336 e. The Balaban J connectivity index is 1.51. The molecule has 0 bridgehead atoms. The highest BCUT2D eigenvalue weighted by Gasteiger charge is 2.27. The number of nitrogens with zero attached hydrogens (tertiary/aromatic N) is 5. The summed E-state index contributed by atoms with van der Waals surface area (Å²) in [6.07, 6.45) is 5.45. The molecule has 1 amide bonds. The van der Waals surface area contributed by atoms with Crippen molar-refractivity contribution in [2.24, 2.45) is 5.92 Å². The van der Waals surface area contributed by atoms with E-state index in [1.807, 2.05) is 16.5 Å². The van der Waals surface area contributed by atoms with Crippen LogP contribution in [-0.4, -0.2) is 83.2 Å². The quantitative estimate of drug-likeness (QED) is 0.813. The van der Waals surface area contributed by atoms with Crippen LogP contribution < -0.4 is 0 Å². The van der Waals surface area contributed by atoms with Crippen LogP contribution in [0, 0.1) is 12.8 Å². The fourth-order valence-corrected chi connectivity index (χ4v) is 4.18. The molecule has 2 saturated heterocycles. The van der Waals surface area contributed by atoms with E-state index in [1.165, 1.54) is 32.5 Å². The first-order chi connectivity index (χ1) is 12.1. The average molecular weight is 348 g/mol. The van der Waals surface area contributed by atoms with E-state index in [-0.39, 0.29) is 5.91 Å². The number of piperidine rings is 1. The first-order valence-electron chi connectivity index (χ1n) is 9.81. The van der Waals surface area contributed by atoms with Gasteiger partial charge in [-0.15, -0.1) is 0 Å². The molecular weight excluding hydrogens is 314 g/mol. The molecule has 0 unspecified atom stereocenters. The van der Waals surface area contributed by atoms with Gasteiger partial charge in [-0.1, -0.05) is 6.92 Å². The summed E-state index contributed by atoms with van der Waals surface area (Å²) in [5, 5.41) is 4.37. The maximum atomic E-state index is 12.8. The van der Waals surface area contributed by atoms with Crippen LogP contribution in [0.3, 0.4) is 0 Å². The van der Waals surface area contributed by atoms with Crippen LogP contribution in [0.2, 0.25) is 0 Å². The van der Waals surface area contributed by atoms with E-state index in [9.17, 15) is 4.79 Å². The predicted molar refractivity (Wildman–Crippen MR) is 99.8 cm³/mol. The third-order valence-electron chi connectivity index (χ3n) is 5.67. The van der Waals surface area contributed by atoms with Crippen LogP contribution in [0.1, 0.15) is 42.2 Å². The fourth-order valence-electron chi connectivity index (χ4n) is 4.18. The Bertz CT molecular complexity index is 576. The van der Waals surface area contributed by atoms with Crippen LogP contribution in [0.25, 0.3) is 0 Å². The minimum absolute atomic E-state index is 0.150. The van der Waals surface area contributed by atoms with Crippen LogP contribution in [-0.2, 0) is 6.54 Å². The Hall–Kier alpha value is -1.40. The van der Waals surface area contributed by atoms with Gasteiger partial charge in [0.25, 0.3) is 5.91 Å². The van der Waals surface area contributed by atoms with Crippen molar-refractivity contribution in [2.75, 3.05) is 52.9 Å². The molecule has 0 N–H and O–H groups in total. The van der Waals surface area contributed by atoms with Crippen LogP contribution in [0.5, 0.6) is 0 Å². The van der Waals surface area contributed by atoms with Crippen molar-refractivity contribution in [1.29, 1.82) is 0 Å². The van der Waals surface area contributed by atoms with E-state index in [0.29, 0.717) is 0 Å². The molecule has 1 aromatic heterocycles. The van der Waals surface area contributed by atoms with Gasteiger partial charge in [-0.2, -0.15) is 5.10 Å². The maximum absolute atomic E-state index is 12.8. The van der Waals surface area contributed by atoms with Crippen molar-refractivity contribution < 1.29 is 4.79 Å². The number of aryl methyl sites for hydroxylation is 1. The number of hydrogen-bond donors (Lipinski definition) is 0. The predicted octanol–water partition coefficient (Wildman–Crippen LogP) is 1.70. The smallest absolute Gasteiger partial charge is 0.257 e. The standard InChI is InChI=1S/C19H33N5O/c1-4-7-24-16(2)18(13-20-24)19(25)23-11-9-22(10-12-23)15-17-6-5-8-21(3)14-17/h13,17H,4-12,14-15H2,1-3H3/t17-/m1/s1. The molecule has 25 heavy (non-hydrogen) atoms. The monoisotopic (exact) mass is 347 g/mol. The summed E-state index contributed by atoms with van der Waals surface area (Å²) in [4.78, 5) is 19.8. The Kier molecular flexibility index (Phi) is 6.12. The number of carbonyl (C=O) groups excluding carboxylic acids is 1. The summed E-state index contributed by atoms with van der Waals surface area (Å²) >= 11 is 0. The molecule has 2 aliphatic rings. The second-order valence-corrected chi connectivity index (χ2v) is 7.73. The molecule has 3 heterocycles. The molecule has 6 heteroatoms. The lowest BCUT2D eigenvalue weighted by atomic mass is 9.97. The second kappa shape index (κ2) is 8.32. The highest BCUT2D eigenvalue weighted by molar-refractivity contribution is 5.95. The molecule has 0 aromatic carbocycles. The average Bonchev–Trinajstić information content (AvgIpc) is 2.96. The highest BCUT2D eigenvalue weighted by Crippen LogP contribution is 2.18. The summed E-state index contributed by atoms with van der Waals surface area (Å²) in [7, 11) is 2.23. The van der Waals surface area contributed by atoms with E-state index in [4.69, 9.17) is 0 Å². The van der Waals surface area contributed by atoms with Gasteiger partial charge in [0.15, 0.2) is 0 Å². The van der Waals surface area contributed by atoms with E-state index in [1.54, 1.807) is 6.20 Å². The van der Waals surface area contributed by atoms with E-state index in [2.05, 4.69) is 28.9 Å². The molecule has 6 nitrogen and oxygen atoms in total. The summed E-state index contributed by atoms with van der Waals surface area (Å²) < 4.78 is 1.95. The second-order valence-electron chi connectivity index (χ2n) is 7.73. The third kappa shape index (κ3) is 4.42. The maximum Gasteiger partial charge on any atom is 0.257 e. The Morgan fingerprint density at radius 1 is 1.24 bits per heavy atom. The van der Waals surface area contributed by atoms with Gasteiger partial charge in [0.2, 0.25) is 0 Å². The van der Waals surface area contributed by atoms with Crippen molar-refractivity contribution in [2.45, 2.75) is 39.7 Å². The topological polar surface area (TPSA) is 44.6 Å². The molecule has 140 valence electrons. The Morgan fingerprint density at radius 2 is 2.00 bits per heavy atom. The minimum atomic E-state index is 0.150. The third-order valence-corrected chi connectivity index (χ3v) is 5.67. The first-order valence-corrected chi connectivity index (χ1v) is 9.81. The van der Waals surface area contributed by atoms with Gasteiger partial charge in [0, 0.05) is 51.5 Å². The molecule has 2 fully saturated rings. The van der Waals surface area contributed by atoms with Crippen molar-refractivity contribution in [3.63, 3.8) is 0 Å². The fraction of sp³-hybridized carbons (Fsp3) is 0.789. The van der Waals surface area contributed by atoms with Crippen molar-refractivity contribution in [1.82, 2.24) is 24.5 Å². The normalized spacial score (nSPS) is 23.2. The number of amides is 1. The van der Waals surface area contributed by atoms with Crippen LogP contribution >= 0.6 is 0 Å². The van der Waals surface area contributed by atoms with Gasteiger partial charge in [-0.25, -0.2) is 0 Å². The lowest BCUT2D eigenvalue weighted by Gasteiger charge is -2.38. The Morgan fingerprint density at radius 3 is 2.68 bits per heavy atom. The molecule has 3 rings (SSSR count). The summed E-state index contributed by atoms with van der Waals surface area (Å²) in [6.45, 7) is 12.3. The molecule has 0 spiro atoms. The molecule has 2 aliphatic heterocycles. The van der Waals surface area contributed by atoms with Gasteiger partial charge >= 0.3 is 0 Å². The zero-order chi connectivity index (χ0) is 17.8. The number of piperazine rings is 1. The molecule has 0 aliphatic carbocycles. The number of rotatable bonds is 5. The van der Waals surface area contributed by atoms with Crippen LogP contribution in [0.4, 0.5) is 0 Å². The molecule has 1 aromatic rings. The molecular formula is C19H33N5O. The zero-order valence-corrected chi connectivity index (χ0v) is 16.1. The van der Waals surface area contributed by atoms with Crippen molar-refractivity contribution >= 4 is 5.91 Å². The van der Waals surface area contributed by atoms with E-state index in [0.717, 1.165) is 56.3 Å². The van der Waals surface area contributed by atoms with E-state index < -0.39 is 0 Å². The van der Waals surface area contributed by atoms with Gasteiger partial charge < -0.3 is 9.80 Å². The van der Waals surface area contributed by atoms with E-state index >= 15 is 0 Å². The van der Waals surface area contributed by atoms with Gasteiger partial charge in [-0.05, 0) is 45.7 Å². The highest BCUT2D eigenvalue weighted by atomic mass is 16.2. The lowest BCUT2D eigenvalue weighted by Crippen LogP contribution is -2.51.